The van der Waals surface area contributed by atoms with Crippen molar-refractivity contribution < 1.29 is 17.9 Å². The molecule has 1 aliphatic heterocycles. The number of hydrogen-bond donors (Lipinski definition) is 0. The van der Waals surface area contributed by atoms with E-state index in [1.165, 1.54) is 10.4 Å². The van der Waals surface area contributed by atoms with Gasteiger partial charge in [0, 0.05) is 41.6 Å². The van der Waals surface area contributed by atoms with Gasteiger partial charge in [-0.3, -0.25) is 0 Å². The monoisotopic (exact) mass is 432 g/mol. The molecule has 0 fully saturated rings. The first kappa shape index (κ1) is 19.8. The molecule has 0 amide bonds. The zero-order valence-electron chi connectivity index (χ0n) is 16.1. The van der Waals surface area contributed by atoms with E-state index in [9.17, 15) is 8.42 Å². The summed E-state index contributed by atoms with van der Waals surface area (Å²) < 4.78 is 41.6. The van der Waals surface area contributed by atoms with Gasteiger partial charge in [0.1, 0.15) is 11.5 Å². The summed E-state index contributed by atoms with van der Waals surface area (Å²) in [6.45, 7) is 0.896. The molecule has 0 bridgehead atoms. The summed E-state index contributed by atoms with van der Waals surface area (Å²) in [5.74, 6) is 1.20. The van der Waals surface area contributed by atoms with Gasteiger partial charge in [-0.2, -0.15) is 4.31 Å². The molecule has 1 unspecified atom stereocenters. The summed E-state index contributed by atoms with van der Waals surface area (Å²) in [4.78, 5) is 0.169. The van der Waals surface area contributed by atoms with Gasteiger partial charge >= 0.3 is 0 Å². The van der Waals surface area contributed by atoms with Crippen LogP contribution >= 0.6 is 11.6 Å². The summed E-state index contributed by atoms with van der Waals surface area (Å²) in [5.41, 5.74) is 1.63. The lowest BCUT2D eigenvalue weighted by Gasteiger charge is -2.37. The number of aromatic nitrogens is 1. The Morgan fingerprint density at radius 3 is 2.55 bits per heavy atom. The van der Waals surface area contributed by atoms with Crippen LogP contribution in [0.15, 0.2) is 65.7 Å². The molecule has 0 saturated heterocycles. The third kappa shape index (κ3) is 3.50. The van der Waals surface area contributed by atoms with Gasteiger partial charge in [0.2, 0.25) is 10.0 Å². The molecule has 1 atom stereocenters. The van der Waals surface area contributed by atoms with E-state index in [0.29, 0.717) is 29.6 Å². The highest BCUT2D eigenvalue weighted by Crippen LogP contribution is 2.41. The summed E-state index contributed by atoms with van der Waals surface area (Å²) in [6, 6.07) is 15.1. The van der Waals surface area contributed by atoms with Crippen molar-refractivity contribution in [1.29, 1.82) is 0 Å². The quantitative estimate of drug-likeness (QED) is 0.612. The first-order valence-electron chi connectivity index (χ1n) is 9.10. The van der Waals surface area contributed by atoms with E-state index < -0.39 is 16.1 Å². The van der Waals surface area contributed by atoms with E-state index in [1.807, 2.05) is 30.5 Å². The van der Waals surface area contributed by atoms with Gasteiger partial charge in [0.25, 0.3) is 0 Å². The number of hydrogen-bond acceptors (Lipinski definition) is 4. The molecule has 8 heteroatoms. The van der Waals surface area contributed by atoms with Gasteiger partial charge in [-0.25, -0.2) is 8.42 Å². The Morgan fingerprint density at radius 1 is 1.00 bits per heavy atom. The number of sulfonamides is 1. The topological polar surface area (TPSA) is 60.8 Å². The van der Waals surface area contributed by atoms with Crippen LogP contribution in [-0.4, -0.2) is 38.1 Å². The fourth-order valence-electron chi connectivity index (χ4n) is 3.74. The molecule has 2 heterocycles. The van der Waals surface area contributed by atoms with Crippen LogP contribution in [0.25, 0.3) is 0 Å². The van der Waals surface area contributed by atoms with Crippen LogP contribution in [0, 0.1) is 0 Å². The predicted molar refractivity (Wildman–Crippen MR) is 111 cm³/mol. The molecule has 0 saturated carbocycles. The van der Waals surface area contributed by atoms with Crippen molar-refractivity contribution in [3.63, 3.8) is 0 Å². The molecule has 29 heavy (non-hydrogen) atoms. The summed E-state index contributed by atoms with van der Waals surface area (Å²) >= 11 is 6.07. The van der Waals surface area contributed by atoms with E-state index in [0.717, 1.165) is 11.3 Å². The maximum Gasteiger partial charge on any atom is 0.244 e. The molecule has 0 radical (unpaired) electrons. The number of halogens is 1. The fraction of sp³-hybridized carbons (Fsp3) is 0.238. The molecule has 6 nitrogen and oxygen atoms in total. The standard InChI is InChI=1S/C21H21ClN2O4S/c1-27-16-8-9-18(20(14-16)28-2)21-19-7-4-10-23(19)11-12-24(21)29(25,26)17-6-3-5-15(22)13-17/h3-10,13-14,21H,11-12H2,1-2H3. The maximum absolute atomic E-state index is 13.6. The van der Waals surface area contributed by atoms with Crippen molar-refractivity contribution in [2.24, 2.45) is 0 Å². The molecule has 0 aliphatic carbocycles. The van der Waals surface area contributed by atoms with Gasteiger partial charge in [-0.05, 0) is 42.5 Å². The van der Waals surface area contributed by atoms with Crippen molar-refractivity contribution >= 4 is 21.6 Å². The highest BCUT2D eigenvalue weighted by molar-refractivity contribution is 7.89. The van der Waals surface area contributed by atoms with Gasteiger partial charge in [0.05, 0.1) is 25.2 Å². The molecule has 152 valence electrons. The number of rotatable bonds is 5. The molecule has 0 spiro atoms. The minimum absolute atomic E-state index is 0.169. The number of fused-ring (bicyclic) bond motifs is 1. The predicted octanol–water partition coefficient (Wildman–Crippen LogP) is 3.95. The molecular formula is C21H21ClN2O4S. The Hall–Kier alpha value is -2.48. The smallest absolute Gasteiger partial charge is 0.244 e. The highest BCUT2D eigenvalue weighted by atomic mass is 35.5. The van der Waals surface area contributed by atoms with Crippen LogP contribution in [0.5, 0.6) is 11.5 Å². The zero-order valence-corrected chi connectivity index (χ0v) is 17.7. The Labute approximate surface area is 175 Å². The lowest BCUT2D eigenvalue weighted by molar-refractivity contribution is 0.290. The van der Waals surface area contributed by atoms with Crippen molar-refractivity contribution in [3.8, 4) is 11.5 Å². The highest BCUT2D eigenvalue weighted by Gasteiger charge is 2.39. The number of methoxy groups -OCH3 is 2. The Morgan fingerprint density at radius 2 is 1.83 bits per heavy atom. The van der Waals surface area contributed by atoms with Crippen LogP contribution in [0.2, 0.25) is 5.02 Å². The average Bonchev–Trinajstić information content (AvgIpc) is 3.21. The van der Waals surface area contributed by atoms with Crippen molar-refractivity contribution in [1.82, 2.24) is 8.87 Å². The van der Waals surface area contributed by atoms with Crippen LogP contribution in [0.1, 0.15) is 17.3 Å². The Bertz CT molecular complexity index is 1140. The Balaban J connectivity index is 1.89. The number of nitrogens with zero attached hydrogens (tertiary/aromatic N) is 2. The van der Waals surface area contributed by atoms with Crippen LogP contribution in [-0.2, 0) is 16.6 Å². The van der Waals surface area contributed by atoms with Crippen LogP contribution in [0.4, 0.5) is 0 Å². The summed E-state index contributed by atoms with van der Waals surface area (Å²) in [7, 11) is -0.649. The minimum Gasteiger partial charge on any atom is -0.497 e. The van der Waals surface area contributed by atoms with Crippen molar-refractivity contribution in [2.45, 2.75) is 17.5 Å². The minimum atomic E-state index is -3.79. The zero-order chi connectivity index (χ0) is 20.6. The number of ether oxygens (including phenoxy) is 2. The van der Waals surface area contributed by atoms with Gasteiger partial charge in [-0.1, -0.05) is 17.7 Å². The average molecular weight is 433 g/mol. The molecule has 4 rings (SSSR count). The maximum atomic E-state index is 13.6. The van der Waals surface area contributed by atoms with E-state index in [4.69, 9.17) is 21.1 Å². The second-order valence-electron chi connectivity index (χ2n) is 6.71. The lowest BCUT2D eigenvalue weighted by atomic mass is 10.0. The fourth-order valence-corrected chi connectivity index (χ4v) is 5.62. The summed E-state index contributed by atoms with van der Waals surface area (Å²) in [5, 5.41) is 0.380. The van der Waals surface area contributed by atoms with Gasteiger partial charge < -0.3 is 14.0 Å². The lowest BCUT2D eigenvalue weighted by Crippen LogP contribution is -2.42. The van der Waals surface area contributed by atoms with Crippen LogP contribution < -0.4 is 9.47 Å². The first-order valence-corrected chi connectivity index (χ1v) is 10.9. The molecule has 2 aromatic carbocycles. The van der Waals surface area contributed by atoms with E-state index in [-0.39, 0.29) is 4.90 Å². The third-order valence-electron chi connectivity index (χ3n) is 5.13. The van der Waals surface area contributed by atoms with Crippen molar-refractivity contribution in [3.05, 3.63) is 77.1 Å². The molecule has 0 N–H and O–H groups in total. The molecular weight excluding hydrogens is 412 g/mol. The number of benzene rings is 2. The van der Waals surface area contributed by atoms with Gasteiger partial charge in [0.15, 0.2) is 0 Å². The Kier molecular flexibility index (Phi) is 5.29. The van der Waals surface area contributed by atoms with Crippen LogP contribution in [0.3, 0.4) is 0 Å². The second kappa shape index (κ2) is 7.74. The van der Waals surface area contributed by atoms with E-state index in [1.54, 1.807) is 38.5 Å². The summed E-state index contributed by atoms with van der Waals surface area (Å²) in [6.07, 6.45) is 1.96. The largest absolute Gasteiger partial charge is 0.497 e. The van der Waals surface area contributed by atoms with E-state index >= 15 is 0 Å². The SMILES string of the molecule is COc1ccc(C2c3cccn3CCN2S(=O)(=O)c2cccc(Cl)c2)c(OC)c1. The molecule has 1 aliphatic rings. The molecule has 3 aromatic rings. The van der Waals surface area contributed by atoms with Gasteiger partial charge in [-0.15, -0.1) is 0 Å². The molecule has 1 aromatic heterocycles. The second-order valence-corrected chi connectivity index (χ2v) is 9.04. The third-order valence-corrected chi connectivity index (χ3v) is 7.23. The van der Waals surface area contributed by atoms with Crippen molar-refractivity contribution in [2.75, 3.05) is 20.8 Å². The first-order chi connectivity index (χ1) is 14.0. The van der Waals surface area contributed by atoms with E-state index in [2.05, 4.69) is 4.57 Å². The normalized spacial score (nSPS) is 17.0.